The van der Waals surface area contributed by atoms with Gasteiger partial charge in [0.2, 0.25) is 0 Å². The topological polar surface area (TPSA) is 62.3 Å². The summed E-state index contributed by atoms with van der Waals surface area (Å²) in [5.74, 6) is 1.56. The Kier molecular flexibility index (Phi) is 9.75. The maximum absolute atomic E-state index is 13.5. The van der Waals surface area contributed by atoms with Crippen LogP contribution in [0.5, 0.6) is 11.5 Å². The Labute approximate surface area is 231 Å². The first-order chi connectivity index (χ1) is 19.0. The highest BCUT2D eigenvalue weighted by molar-refractivity contribution is 5.96. The van der Waals surface area contributed by atoms with Crippen LogP contribution < -0.4 is 9.47 Å². The van der Waals surface area contributed by atoms with Crippen LogP contribution in [0.1, 0.15) is 31.8 Å². The van der Waals surface area contributed by atoms with Crippen LogP contribution in [0.2, 0.25) is 0 Å². The molecule has 1 aliphatic rings. The number of hydrogen-bond acceptors (Lipinski definition) is 5. The van der Waals surface area contributed by atoms with Crippen molar-refractivity contribution < 1.29 is 19.1 Å². The number of para-hydroxylation sites is 1. The smallest absolute Gasteiger partial charge is 0.254 e. The maximum atomic E-state index is 13.5. The van der Waals surface area contributed by atoms with Crippen LogP contribution in [-0.2, 0) is 0 Å². The quantitative estimate of drug-likeness (QED) is 0.385. The molecule has 7 heteroatoms. The maximum Gasteiger partial charge on any atom is 0.254 e. The molecule has 3 aromatic carbocycles. The highest BCUT2D eigenvalue weighted by Crippen LogP contribution is 2.19. The lowest BCUT2D eigenvalue weighted by Gasteiger charge is -2.36. The lowest BCUT2D eigenvalue weighted by Crippen LogP contribution is -2.50. The molecule has 1 aliphatic heterocycles. The molecule has 204 valence electrons. The third kappa shape index (κ3) is 7.27. The van der Waals surface area contributed by atoms with Gasteiger partial charge in [-0.1, -0.05) is 48.6 Å². The molecule has 0 radical (unpaired) electrons. The first-order valence-corrected chi connectivity index (χ1v) is 13.3. The lowest BCUT2D eigenvalue weighted by atomic mass is 10.1. The monoisotopic (exact) mass is 527 g/mol. The number of piperazine rings is 1. The average Bonchev–Trinajstić information content (AvgIpc) is 2.99. The van der Waals surface area contributed by atoms with Gasteiger partial charge in [0.05, 0.1) is 14.2 Å². The summed E-state index contributed by atoms with van der Waals surface area (Å²) >= 11 is 0. The molecule has 1 heterocycles. The Morgan fingerprint density at radius 2 is 1.56 bits per heavy atom. The lowest BCUT2D eigenvalue weighted by molar-refractivity contribution is 0.0609. The summed E-state index contributed by atoms with van der Waals surface area (Å²) in [6, 6.07) is 22.7. The minimum absolute atomic E-state index is 0.0318. The Hall–Kier alpha value is -4.10. The SMILES string of the molecule is COc1ccc(C(=O)N(C/C=C/c2ccccc2OC)CCN2CCN(C(=O)c3ccccc3C)CC2)cc1. The number of hydrogen-bond donors (Lipinski definition) is 0. The Morgan fingerprint density at radius 3 is 2.26 bits per heavy atom. The van der Waals surface area contributed by atoms with E-state index in [1.54, 1.807) is 38.5 Å². The largest absolute Gasteiger partial charge is 0.497 e. The van der Waals surface area contributed by atoms with Crippen molar-refractivity contribution in [3.63, 3.8) is 0 Å². The van der Waals surface area contributed by atoms with Crippen molar-refractivity contribution in [2.24, 2.45) is 0 Å². The molecule has 3 aromatic rings. The molecule has 0 spiro atoms. The number of methoxy groups -OCH3 is 2. The summed E-state index contributed by atoms with van der Waals surface area (Å²) < 4.78 is 10.7. The van der Waals surface area contributed by atoms with Gasteiger partial charge in [0.15, 0.2) is 0 Å². The number of carbonyl (C=O) groups excluding carboxylic acids is 2. The zero-order valence-electron chi connectivity index (χ0n) is 23.0. The second-order valence-electron chi connectivity index (χ2n) is 9.57. The Bertz CT molecular complexity index is 1280. The molecule has 39 heavy (non-hydrogen) atoms. The normalized spacial score (nSPS) is 13.9. The number of rotatable bonds is 10. The van der Waals surface area contributed by atoms with Crippen LogP contribution in [-0.4, -0.2) is 86.5 Å². The number of nitrogens with zero attached hydrogens (tertiary/aromatic N) is 3. The molecule has 1 saturated heterocycles. The van der Waals surface area contributed by atoms with E-state index >= 15 is 0 Å². The molecule has 0 bridgehead atoms. The van der Waals surface area contributed by atoms with Crippen molar-refractivity contribution in [1.82, 2.24) is 14.7 Å². The summed E-state index contributed by atoms with van der Waals surface area (Å²) in [5.41, 5.74) is 3.35. The van der Waals surface area contributed by atoms with Gasteiger partial charge < -0.3 is 19.3 Å². The van der Waals surface area contributed by atoms with Gasteiger partial charge in [-0.3, -0.25) is 14.5 Å². The summed E-state index contributed by atoms with van der Waals surface area (Å²) in [7, 11) is 3.26. The van der Waals surface area contributed by atoms with Crippen LogP contribution in [0.3, 0.4) is 0 Å². The van der Waals surface area contributed by atoms with Crippen LogP contribution in [0, 0.1) is 6.92 Å². The summed E-state index contributed by atoms with van der Waals surface area (Å²) in [4.78, 5) is 32.6. The van der Waals surface area contributed by atoms with Crippen molar-refractivity contribution in [3.05, 3.63) is 101 Å². The number of benzene rings is 3. The van der Waals surface area contributed by atoms with E-state index in [1.807, 2.05) is 77.4 Å². The van der Waals surface area contributed by atoms with Crippen molar-refractivity contribution in [1.29, 1.82) is 0 Å². The van der Waals surface area contributed by atoms with Crippen LogP contribution in [0.25, 0.3) is 6.08 Å². The molecule has 0 saturated carbocycles. The summed E-state index contributed by atoms with van der Waals surface area (Å²) in [5, 5.41) is 0. The van der Waals surface area contributed by atoms with Gasteiger partial charge in [-0.25, -0.2) is 0 Å². The van der Waals surface area contributed by atoms with Crippen molar-refractivity contribution in [2.45, 2.75) is 6.92 Å². The summed E-state index contributed by atoms with van der Waals surface area (Å²) in [6.07, 6.45) is 3.99. The fraction of sp³-hybridized carbons (Fsp3) is 0.312. The molecule has 7 nitrogen and oxygen atoms in total. The second-order valence-corrected chi connectivity index (χ2v) is 9.57. The van der Waals surface area contributed by atoms with E-state index in [0.29, 0.717) is 37.5 Å². The van der Waals surface area contributed by atoms with E-state index < -0.39 is 0 Å². The van der Waals surface area contributed by atoms with Gasteiger partial charge in [0.1, 0.15) is 11.5 Å². The average molecular weight is 528 g/mol. The van der Waals surface area contributed by atoms with E-state index in [2.05, 4.69) is 4.90 Å². The number of amides is 2. The van der Waals surface area contributed by atoms with Crippen LogP contribution in [0.4, 0.5) is 0 Å². The van der Waals surface area contributed by atoms with Crippen molar-refractivity contribution in [3.8, 4) is 11.5 Å². The van der Waals surface area contributed by atoms with E-state index in [-0.39, 0.29) is 11.8 Å². The Balaban J connectivity index is 1.39. The highest BCUT2D eigenvalue weighted by atomic mass is 16.5. The minimum atomic E-state index is -0.0318. The molecular formula is C32H37N3O4. The first kappa shape index (κ1) is 27.9. The predicted molar refractivity (Wildman–Crippen MR) is 154 cm³/mol. The molecular weight excluding hydrogens is 490 g/mol. The third-order valence-electron chi connectivity index (χ3n) is 7.11. The zero-order valence-corrected chi connectivity index (χ0v) is 23.0. The molecule has 0 atom stereocenters. The second kappa shape index (κ2) is 13.6. The standard InChI is InChI=1S/C32H37N3O4/c1-25-9-4-6-12-29(25)32(37)35-23-20-33(21-24-35)19-22-34(31(36)27-14-16-28(38-2)17-15-27)18-8-11-26-10-5-7-13-30(26)39-3/h4-17H,18-24H2,1-3H3/b11-8+. The van der Waals surface area contributed by atoms with Gasteiger partial charge in [-0.05, 0) is 48.9 Å². The number of ether oxygens (including phenoxy) is 2. The number of aryl methyl sites for hydroxylation is 1. The molecule has 4 rings (SSSR count). The van der Waals surface area contributed by atoms with Gasteiger partial charge in [0, 0.05) is 62.5 Å². The van der Waals surface area contributed by atoms with Crippen LogP contribution in [0.15, 0.2) is 78.9 Å². The predicted octanol–water partition coefficient (Wildman–Crippen LogP) is 4.63. The van der Waals surface area contributed by atoms with Crippen molar-refractivity contribution in [2.75, 3.05) is 60.0 Å². The van der Waals surface area contributed by atoms with E-state index in [9.17, 15) is 9.59 Å². The summed E-state index contributed by atoms with van der Waals surface area (Å²) in [6.45, 7) is 6.65. The van der Waals surface area contributed by atoms with Gasteiger partial charge in [0.25, 0.3) is 11.8 Å². The minimum Gasteiger partial charge on any atom is -0.497 e. The van der Waals surface area contributed by atoms with Crippen molar-refractivity contribution >= 4 is 17.9 Å². The van der Waals surface area contributed by atoms with Gasteiger partial charge in [-0.15, -0.1) is 0 Å². The molecule has 2 amide bonds. The fourth-order valence-corrected chi connectivity index (χ4v) is 4.72. The molecule has 1 fully saturated rings. The molecule has 0 aliphatic carbocycles. The van der Waals surface area contributed by atoms with Gasteiger partial charge in [-0.2, -0.15) is 0 Å². The highest BCUT2D eigenvalue weighted by Gasteiger charge is 2.24. The molecule has 0 aromatic heterocycles. The molecule has 0 N–H and O–H groups in total. The van der Waals surface area contributed by atoms with E-state index in [4.69, 9.17) is 9.47 Å². The fourth-order valence-electron chi connectivity index (χ4n) is 4.72. The van der Waals surface area contributed by atoms with Gasteiger partial charge >= 0.3 is 0 Å². The van der Waals surface area contributed by atoms with E-state index in [0.717, 1.165) is 42.1 Å². The number of carbonyl (C=O) groups is 2. The third-order valence-corrected chi connectivity index (χ3v) is 7.11. The van der Waals surface area contributed by atoms with E-state index in [1.165, 1.54) is 0 Å². The molecule has 0 unspecified atom stereocenters. The zero-order chi connectivity index (χ0) is 27.6. The Morgan fingerprint density at radius 1 is 0.872 bits per heavy atom. The first-order valence-electron chi connectivity index (χ1n) is 13.3. The van der Waals surface area contributed by atoms with Crippen LogP contribution >= 0.6 is 0 Å².